The first-order valence-electron chi connectivity index (χ1n) is 6.79. The summed E-state index contributed by atoms with van der Waals surface area (Å²) in [4.78, 5) is 32.3. The first-order chi connectivity index (χ1) is 9.98. The molecule has 0 aliphatic heterocycles. The molecule has 108 valence electrons. The molecule has 0 saturated heterocycles. The highest BCUT2D eigenvalue weighted by atomic mass is 16.2. The monoisotopic (exact) mass is 284 g/mol. The highest BCUT2D eigenvalue weighted by molar-refractivity contribution is 6.03. The predicted octanol–water partition coefficient (Wildman–Crippen LogP) is 1.48. The molecular formula is C15H16N4O2. The fourth-order valence-corrected chi connectivity index (χ4v) is 2.01. The second-order valence-electron chi connectivity index (χ2n) is 5.64. The summed E-state index contributed by atoms with van der Waals surface area (Å²) in [5.41, 5.74) is 0.135. The number of hydrogen-bond acceptors (Lipinski definition) is 4. The summed E-state index contributed by atoms with van der Waals surface area (Å²) in [7, 11) is 1.64. The normalized spacial score (nSPS) is 15.5. The van der Waals surface area contributed by atoms with Gasteiger partial charge in [-0.1, -0.05) is 6.92 Å². The quantitative estimate of drug-likeness (QED) is 0.926. The van der Waals surface area contributed by atoms with Crippen molar-refractivity contribution in [3.8, 4) is 0 Å². The van der Waals surface area contributed by atoms with E-state index in [4.69, 9.17) is 0 Å². The number of aryl methyl sites for hydroxylation is 1. The van der Waals surface area contributed by atoms with Crippen molar-refractivity contribution in [3.05, 3.63) is 52.3 Å². The molecule has 2 heterocycles. The van der Waals surface area contributed by atoms with Gasteiger partial charge in [-0.2, -0.15) is 0 Å². The predicted molar refractivity (Wildman–Crippen MR) is 78.3 cm³/mol. The fraction of sp³-hybridized carbons (Fsp3) is 0.333. The molecule has 0 bridgehead atoms. The van der Waals surface area contributed by atoms with E-state index in [1.807, 2.05) is 0 Å². The van der Waals surface area contributed by atoms with Crippen molar-refractivity contribution in [2.75, 3.05) is 5.32 Å². The molecule has 1 amide bonds. The standard InChI is InChI=1S/C15H16N4O2/c1-15(5-6-15)14-16-7-3-11(18-14)17-13(21)10-4-8-19(2)12(20)9-10/h3-4,7-9H,5-6H2,1-2H3,(H,16,17,18,21). The second kappa shape index (κ2) is 4.80. The molecule has 2 aromatic rings. The molecule has 1 aliphatic carbocycles. The van der Waals surface area contributed by atoms with E-state index in [0.29, 0.717) is 11.4 Å². The first kappa shape index (κ1) is 13.5. The number of nitrogens with zero attached hydrogens (tertiary/aromatic N) is 3. The van der Waals surface area contributed by atoms with Gasteiger partial charge in [0, 0.05) is 36.5 Å². The third-order valence-corrected chi connectivity index (χ3v) is 3.80. The molecule has 0 unspecified atom stereocenters. The van der Waals surface area contributed by atoms with Crippen molar-refractivity contribution in [2.24, 2.45) is 7.05 Å². The lowest BCUT2D eigenvalue weighted by molar-refractivity contribution is 0.102. The molecule has 1 N–H and O–H groups in total. The van der Waals surface area contributed by atoms with Crippen molar-refractivity contribution < 1.29 is 4.79 Å². The first-order valence-corrected chi connectivity index (χ1v) is 6.79. The zero-order chi connectivity index (χ0) is 15.0. The number of nitrogens with one attached hydrogen (secondary N) is 1. The molecule has 6 heteroatoms. The summed E-state index contributed by atoms with van der Waals surface area (Å²) < 4.78 is 1.41. The van der Waals surface area contributed by atoms with Crippen LogP contribution in [0.15, 0.2) is 35.4 Å². The molecule has 1 saturated carbocycles. The lowest BCUT2D eigenvalue weighted by atomic mass is 10.1. The maximum atomic E-state index is 12.1. The van der Waals surface area contributed by atoms with Gasteiger partial charge in [0.2, 0.25) is 0 Å². The van der Waals surface area contributed by atoms with E-state index in [2.05, 4.69) is 22.2 Å². The summed E-state index contributed by atoms with van der Waals surface area (Å²) in [5, 5.41) is 2.71. The van der Waals surface area contributed by atoms with Crippen LogP contribution in [0.1, 0.15) is 35.9 Å². The molecule has 0 atom stereocenters. The smallest absolute Gasteiger partial charge is 0.257 e. The molecule has 1 fully saturated rings. The van der Waals surface area contributed by atoms with Crippen LogP contribution >= 0.6 is 0 Å². The maximum absolute atomic E-state index is 12.1. The largest absolute Gasteiger partial charge is 0.319 e. The van der Waals surface area contributed by atoms with Gasteiger partial charge >= 0.3 is 0 Å². The van der Waals surface area contributed by atoms with Crippen molar-refractivity contribution in [1.82, 2.24) is 14.5 Å². The van der Waals surface area contributed by atoms with Crippen LogP contribution in [0.2, 0.25) is 0 Å². The minimum atomic E-state index is -0.349. The van der Waals surface area contributed by atoms with E-state index in [-0.39, 0.29) is 16.9 Å². The molecule has 0 spiro atoms. The lowest BCUT2D eigenvalue weighted by Gasteiger charge is -2.09. The average molecular weight is 284 g/mol. The van der Waals surface area contributed by atoms with Crippen LogP contribution in [0.4, 0.5) is 5.82 Å². The zero-order valence-electron chi connectivity index (χ0n) is 12.0. The molecule has 3 rings (SSSR count). The lowest BCUT2D eigenvalue weighted by Crippen LogP contribution is -2.20. The maximum Gasteiger partial charge on any atom is 0.257 e. The summed E-state index contributed by atoms with van der Waals surface area (Å²) in [6.45, 7) is 2.11. The van der Waals surface area contributed by atoms with Crippen LogP contribution in [-0.2, 0) is 12.5 Å². The Hall–Kier alpha value is -2.50. The van der Waals surface area contributed by atoms with E-state index in [1.165, 1.54) is 10.6 Å². The summed E-state index contributed by atoms with van der Waals surface area (Å²) in [6.07, 6.45) is 5.34. The van der Waals surface area contributed by atoms with Crippen molar-refractivity contribution in [3.63, 3.8) is 0 Å². The van der Waals surface area contributed by atoms with E-state index >= 15 is 0 Å². The third-order valence-electron chi connectivity index (χ3n) is 3.80. The summed E-state index contributed by atoms with van der Waals surface area (Å²) in [6, 6.07) is 4.55. The number of carbonyl (C=O) groups excluding carboxylic acids is 1. The van der Waals surface area contributed by atoms with Gasteiger partial charge in [-0.15, -0.1) is 0 Å². The van der Waals surface area contributed by atoms with E-state index in [0.717, 1.165) is 18.7 Å². The van der Waals surface area contributed by atoms with Gasteiger partial charge in [0.25, 0.3) is 11.5 Å². The highest BCUT2D eigenvalue weighted by Gasteiger charge is 2.42. The van der Waals surface area contributed by atoms with Crippen molar-refractivity contribution in [1.29, 1.82) is 0 Å². The van der Waals surface area contributed by atoms with Crippen molar-refractivity contribution >= 4 is 11.7 Å². The Balaban J connectivity index is 1.81. The van der Waals surface area contributed by atoms with Crippen LogP contribution in [0, 0.1) is 0 Å². The SMILES string of the molecule is Cn1ccc(C(=O)Nc2ccnc(C3(C)CC3)n2)cc1=O. The Kier molecular flexibility index (Phi) is 3.08. The summed E-state index contributed by atoms with van der Waals surface area (Å²) in [5.74, 6) is 0.862. The summed E-state index contributed by atoms with van der Waals surface area (Å²) >= 11 is 0. The minimum Gasteiger partial charge on any atom is -0.319 e. The van der Waals surface area contributed by atoms with E-state index in [1.54, 1.807) is 31.6 Å². The molecule has 2 aromatic heterocycles. The van der Waals surface area contributed by atoms with Gasteiger partial charge < -0.3 is 9.88 Å². The number of rotatable bonds is 3. The number of amides is 1. The highest BCUT2D eigenvalue weighted by Crippen LogP contribution is 2.45. The van der Waals surface area contributed by atoms with Gasteiger partial charge in [-0.25, -0.2) is 9.97 Å². The van der Waals surface area contributed by atoms with Gasteiger partial charge in [-0.3, -0.25) is 9.59 Å². The minimum absolute atomic E-state index is 0.0451. The Morgan fingerprint density at radius 3 is 2.81 bits per heavy atom. The molecular weight excluding hydrogens is 268 g/mol. The Labute approximate surface area is 121 Å². The number of carbonyl (C=O) groups is 1. The zero-order valence-corrected chi connectivity index (χ0v) is 12.0. The topological polar surface area (TPSA) is 76.9 Å². The Bertz CT molecular complexity index is 762. The Morgan fingerprint density at radius 1 is 1.38 bits per heavy atom. The number of hydrogen-bond donors (Lipinski definition) is 1. The number of anilines is 1. The van der Waals surface area contributed by atoms with Gasteiger partial charge in [-0.05, 0) is 25.0 Å². The molecule has 0 radical (unpaired) electrons. The van der Waals surface area contributed by atoms with Crippen LogP contribution in [0.5, 0.6) is 0 Å². The van der Waals surface area contributed by atoms with Crippen molar-refractivity contribution in [2.45, 2.75) is 25.2 Å². The van der Waals surface area contributed by atoms with Gasteiger partial charge in [0.15, 0.2) is 0 Å². The third kappa shape index (κ3) is 2.69. The number of aromatic nitrogens is 3. The van der Waals surface area contributed by atoms with Gasteiger partial charge in [0.1, 0.15) is 11.6 Å². The van der Waals surface area contributed by atoms with Crippen LogP contribution < -0.4 is 10.9 Å². The van der Waals surface area contributed by atoms with E-state index in [9.17, 15) is 9.59 Å². The van der Waals surface area contributed by atoms with E-state index < -0.39 is 0 Å². The van der Waals surface area contributed by atoms with Crippen LogP contribution in [0.3, 0.4) is 0 Å². The number of pyridine rings is 1. The average Bonchev–Trinajstić information content (AvgIpc) is 3.21. The van der Waals surface area contributed by atoms with Crippen LogP contribution in [0.25, 0.3) is 0 Å². The molecule has 21 heavy (non-hydrogen) atoms. The molecule has 0 aromatic carbocycles. The molecule has 6 nitrogen and oxygen atoms in total. The van der Waals surface area contributed by atoms with Gasteiger partial charge in [0.05, 0.1) is 0 Å². The Morgan fingerprint density at radius 2 is 2.14 bits per heavy atom. The fourth-order valence-electron chi connectivity index (χ4n) is 2.01. The molecule has 1 aliphatic rings. The second-order valence-corrected chi connectivity index (χ2v) is 5.64. The van der Waals surface area contributed by atoms with Crippen LogP contribution in [-0.4, -0.2) is 20.4 Å².